The molecule has 0 aromatic heterocycles. The van der Waals surface area contributed by atoms with E-state index in [-0.39, 0.29) is 23.6 Å². The molecule has 6 nitrogen and oxygen atoms in total. The van der Waals surface area contributed by atoms with Crippen LogP contribution in [0.3, 0.4) is 0 Å². The van der Waals surface area contributed by atoms with Gasteiger partial charge in [0.05, 0.1) is 16.8 Å². The Morgan fingerprint density at radius 1 is 1.04 bits per heavy atom. The van der Waals surface area contributed by atoms with Crippen LogP contribution < -0.4 is 11.1 Å². The molecule has 1 aliphatic rings. The zero-order valence-corrected chi connectivity index (χ0v) is 17.7. The molecule has 1 fully saturated rings. The number of piperidine rings is 1. The Morgan fingerprint density at radius 3 is 2.36 bits per heavy atom. The van der Waals surface area contributed by atoms with Gasteiger partial charge in [0.2, 0.25) is 5.91 Å². The van der Waals surface area contributed by atoms with E-state index in [4.69, 9.17) is 5.73 Å². The summed E-state index contributed by atoms with van der Waals surface area (Å²) in [5.74, 6) is -0.895. The van der Waals surface area contributed by atoms with Crippen molar-refractivity contribution in [3.8, 4) is 0 Å². The summed E-state index contributed by atoms with van der Waals surface area (Å²) >= 11 is 2.15. The molecule has 0 spiro atoms. The van der Waals surface area contributed by atoms with Gasteiger partial charge in [-0.15, -0.1) is 0 Å². The quantitative estimate of drug-likeness (QED) is 0.644. The second-order valence-electron chi connectivity index (χ2n) is 6.91. The van der Waals surface area contributed by atoms with Gasteiger partial charge in [0.25, 0.3) is 11.8 Å². The molecule has 0 saturated carbocycles. The molecule has 0 radical (unpaired) electrons. The summed E-state index contributed by atoms with van der Waals surface area (Å²) in [6.45, 7) is 2.90. The molecular weight excluding hydrogens is 469 g/mol. The SMILES string of the molecule is Cc1cccc(C(=O)Nc2ccccc2C(=O)N2CCC(C(N)=O)CC2)c1I. The van der Waals surface area contributed by atoms with E-state index in [1.807, 2.05) is 19.1 Å². The van der Waals surface area contributed by atoms with Gasteiger partial charge < -0.3 is 16.0 Å². The fraction of sp³-hybridized carbons (Fsp3) is 0.286. The van der Waals surface area contributed by atoms with Crippen LogP contribution >= 0.6 is 22.6 Å². The minimum Gasteiger partial charge on any atom is -0.369 e. The van der Waals surface area contributed by atoms with E-state index in [0.717, 1.165) is 9.13 Å². The molecule has 1 saturated heterocycles. The van der Waals surface area contributed by atoms with Gasteiger partial charge in [0.1, 0.15) is 0 Å². The molecule has 0 atom stereocenters. The number of nitrogens with two attached hydrogens (primary N) is 1. The van der Waals surface area contributed by atoms with E-state index in [1.165, 1.54) is 0 Å². The van der Waals surface area contributed by atoms with Crippen molar-refractivity contribution in [1.29, 1.82) is 0 Å². The van der Waals surface area contributed by atoms with Gasteiger partial charge in [-0.2, -0.15) is 0 Å². The van der Waals surface area contributed by atoms with Crippen molar-refractivity contribution in [2.45, 2.75) is 19.8 Å². The predicted molar refractivity (Wildman–Crippen MR) is 116 cm³/mol. The number of anilines is 1. The number of nitrogens with one attached hydrogen (secondary N) is 1. The van der Waals surface area contributed by atoms with E-state index in [1.54, 1.807) is 35.2 Å². The summed E-state index contributed by atoms with van der Waals surface area (Å²) in [6.07, 6.45) is 1.13. The number of primary amides is 1. The molecule has 3 rings (SSSR count). The van der Waals surface area contributed by atoms with E-state index in [9.17, 15) is 14.4 Å². The first kappa shape index (κ1) is 20.3. The van der Waals surface area contributed by atoms with Crippen LogP contribution in [0.15, 0.2) is 42.5 Å². The van der Waals surface area contributed by atoms with Gasteiger partial charge in [0.15, 0.2) is 0 Å². The predicted octanol–water partition coefficient (Wildman–Crippen LogP) is 3.19. The van der Waals surface area contributed by atoms with Crippen molar-refractivity contribution >= 4 is 46.0 Å². The number of nitrogens with zero attached hydrogens (tertiary/aromatic N) is 1. The Morgan fingerprint density at radius 2 is 1.68 bits per heavy atom. The third-order valence-corrected chi connectivity index (χ3v) is 6.46. The molecule has 28 heavy (non-hydrogen) atoms. The Labute approximate surface area is 177 Å². The summed E-state index contributed by atoms with van der Waals surface area (Å²) in [5.41, 5.74) is 7.88. The highest BCUT2D eigenvalue weighted by atomic mass is 127. The number of halogens is 1. The maximum Gasteiger partial charge on any atom is 0.256 e. The lowest BCUT2D eigenvalue weighted by Crippen LogP contribution is -2.42. The van der Waals surface area contributed by atoms with E-state index in [2.05, 4.69) is 27.9 Å². The maximum absolute atomic E-state index is 13.0. The average molecular weight is 491 g/mol. The second-order valence-corrected chi connectivity index (χ2v) is 7.98. The van der Waals surface area contributed by atoms with Crippen molar-refractivity contribution in [2.75, 3.05) is 18.4 Å². The third-order valence-electron chi connectivity index (χ3n) is 5.03. The monoisotopic (exact) mass is 491 g/mol. The molecule has 0 unspecified atom stereocenters. The van der Waals surface area contributed by atoms with E-state index >= 15 is 0 Å². The zero-order valence-electron chi connectivity index (χ0n) is 15.6. The lowest BCUT2D eigenvalue weighted by atomic mass is 9.95. The lowest BCUT2D eigenvalue weighted by Gasteiger charge is -2.31. The number of likely N-dealkylation sites (tertiary alicyclic amines) is 1. The second kappa shape index (κ2) is 8.72. The Kier molecular flexibility index (Phi) is 6.33. The molecule has 3 N–H and O–H groups in total. The van der Waals surface area contributed by atoms with E-state index in [0.29, 0.717) is 42.7 Å². The number of para-hydroxylation sites is 1. The van der Waals surface area contributed by atoms with Gasteiger partial charge >= 0.3 is 0 Å². The largest absolute Gasteiger partial charge is 0.369 e. The first-order valence-electron chi connectivity index (χ1n) is 9.12. The first-order valence-corrected chi connectivity index (χ1v) is 10.2. The van der Waals surface area contributed by atoms with Crippen LogP contribution in [0, 0.1) is 16.4 Å². The first-order chi connectivity index (χ1) is 13.4. The lowest BCUT2D eigenvalue weighted by molar-refractivity contribution is -0.123. The molecule has 1 heterocycles. The van der Waals surface area contributed by atoms with Crippen LogP contribution in [0.5, 0.6) is 0 Å². The van der Waals surface area contributed by atoms with E-state index < -0.39 is 0 Å². The molecule has 2 aromatic rings. The molecule has 2 aromatic carbocycles. The third kappa shape index (κ3) is 4.35. The highest BCUT2D eigenvalue weighted by Gasteiger charge is 2.27. The molecule has 1 aliphatic heterocycles. The van der Waals surface area contributed by atoms with Gasteiger partial charge in [-0.3, -0.25) is 14.4 Å². The number of amides is 3. The molecule has 3 amide bonds. The standard InChI is InChI=1S/C21H22IN3O3/c1-13-5-4-7-16(18(13)22)20(27)24-17-8-3-2-6-15(17)21(28)25-11-9-14(10-12-25)19(23)26/h2-8,14H,9-12H2,1H3,(H2,23,26)(H,24,27). The number of hydrogen-bond donors (Lipinski definition) is 2. The Bertz CT molecular complexity index is 921. The summed E-state index contributed by atoms with van der Waals surface area (Å²) in [7, 11) is 0. The Balaban J connectivity index is 1.78. The van der Waals surface area contributed by atoms with Crippen LogP contribution in [0.2, 0.25) is 0 Å². The smallest absolute Gasteiger partial charge is 0.256 e. The number of hydrogen-bond acceptors (Lipinski definition) is 3. The summed E-state index contributed by atoms with van der Waals surface area (Å²) in [5, 5.41) is 2.88. The average Bonchev–Trinajstić information content (AvgIpc) is 2.70. The van der Waals surface area contributed by atoms with Crippen molar-refractivity contribution < 1.29 is 14.4 Å². The van der Waals surface area contributed by atoms with Crippen LogP contribution in [0.25, 0.3) is 0 Å². The van der Waals surface area contributed by atoms with Crippen molar-refractivity contribution in [2.24, 2.45) is 11.7 Å². The topological polar surface area (TPSA) is 92.5 Å². The molecular formula is C21H22IN3O3. The summed E-state index contributed by atoms with van der Waals surface area (Å²) in [4.78, 5) is 38.8. The van der Waals surface area contributed by atoms with Crippen LogP contribution in [-0.2, 0) is 4.79 Å². The number of rotatable bonds is 4. The van der Waals surface area contributed by atoms with Crippen LogP contribution in [-0.4, -0.2) is 35.7 Å². The van der Waals surface area contributed by atoms with Crippen molar-refractivity contribution in [1.82, 2.24) is 4.90 Å². The summed E-state index contributed by atoms with van der Waals surface area (Å²) < 4.78 is 0.884. The fourth-order valence-electron chi connectivity index (χ4n) is 3.33. The van der Waals surface area contributed by atoms with Crippen molar-refractivity contribution in [3.05, 3.63) is 62.7 Å². The molecule has 146 valence electrons. The van der Waals surface area contributed by atoms with Gasteiger partial charge in [-0.05, 0) is 66.1 Å². The minimum absolute atomic E-state index is 0.155. The van der Waals surface area contributed by atoms with Gasteiger partial charge in [-0.1, -0.05) is 24.3 Å². The highest BCUT2D eigenvalue weighted by molar-refractivity contribution is 14.1. The minimum atomic E-state index is -0.312. The number of carbonyl (C=O) groups is 3. The van der Waals surface area contributed by atoms with Gasteiger partial charge in [-0.25, -0.2) is 0 Å². The number of aryl methyl sites for hydroxylation is 1. The van der Waals surface area contributed by atoms with Gasteiger partial charge in [0, 0.05) is 22.6 Å². The molecule has 0 aliphatic carbocycles. The summed E-state index contributed by atoms with van der Waals surface area (Å²) in [6, 6.07) is 12.5. The maximum atomic E-state index is 13.0. The zero-order chi connectivity index (χ0) is 20.3. The van der Waals surface area contributed by atoms with Crippen LogP contribution in [0.1, 0.15) is 39.1 Å². The molecule has 7 heteroatoms. The Hall–Kier alpha value is -2.42. The normalized spacial score (nSPS) is 14.6. The highest BCUT2D eigenvalue weighted by Crippen LogP contribution is 2.24. The molecule has 0 bridgehead atoms. The van der Waals surface area contributed by atoms with Crippen LogP contribution in [0.4, 0.5) is 5.69 Å². The fourth-order valence-corrected chi connectivity index (χ4v) is 3.93. The van der Waals surface area contributed by atoms with Crippen molar-refractivity contribution in [3.63, 3.8) is 0 Å². The number of benzene rings is 2. The number of carbonyl (C=O) groups excluding carboxylic acids is 3.